The second-order valence-corrected chi connectivity index (χ2v) is 14.1. The van der Waals surface area contributed by atoms with Gasteiger partial charge in [-0.2, -0.15) is 0 Å². The molecule has 2 nitrogen and oxygen atoms in total. The number of anilines is 6. The Balaban J connectivity index is 1.17. The summed E-state index contributed by atoms with van der Waals surface area (Å²) in [6, 6.07) is 63.9. The maximum Gasteiger partial charge on any atom is 0.0726 e. The average Bonchev–Trinajstić information content (AvgIpc) is 3.76. The van der Waals surface area contributed by atoms with Gasteiger partial charge in [-0.15, -0.1) is 0 Å². The minimum absolute atomic E-state index is 0.100. The van der Waals surface area contributed by atoms with Gasteiger partial charge >= 0.3 is 0 Å². The highest BCUT2D eigenvalue weighted by Gasteiger charge is 2.52. The number of rotatable bonds is 6. The largest absolute Gasteiger partial charge is 0.310 e. The molecule has 0 heterocycles. The summed E-state index contributed by atoms with van der Waals surface area (Å²) in [5.41, 5.74) is 13.1. The molecule has 0 aliphatic heterocycles. The van der Waals surface area contributed by atoms with E-state index >= 15 is 0 Å². The molecule has 0 N–H and O–H groups in total. The molecular formula is C53H36N2. The normalized spacial score (nSPS) is 15.9. The lowest BCUT2D eigenvalue weighted by Crippen LogP contribution is -2.26. The van der Waals surface area contributed by atoms with Gasteiger partial charge < -0.3 is 9.80 Å². The van der Waals surface area contributed by atoms with Gasteiger partial charge in [-0.3, -0.25) is 0 Å². The van der Waals surface area contributed by atoms with Gasteiger partial charge in [0.05, 0.1) is 18.0 Å². The molecule has 258 valence electrons. The van der Waals surface area contributed by atoms with Gasteiger partial charge in [-0.25, -0.2) is 0 Å². The van der Waals surface area contributed by atoms with Crippen LogP contribution in [0.2, 0.25) is 0 Å². The molecule has 1 atom stereocenters. The van der Waals surface area contributed by atoms with Gasteiger partial charge in [-0.05, 0) is 117 Å². The quantitative estimate of drug-likeness (QED) is 0.170. The van der Waals surface area contributed by atoms with Crippen molar-refractivity contribution in [3.63, 3.8) is 0 Å². The van der Waals surface area contributed by atoms with E-state index < -0.39 is 11.5 Å². The van der Waals surface area contributed by atoms with Gasteiger partial charge in [-0.1, -0.05) is 152 Å². The van der Waals surface area contributed by atoms with Crippen molar-refractivity contribution >= 4 is 44.9 Å². The van der Waals surface area contributed by atoms with Crippen LogP contribution in [0.5, 0.6) is 0 Å². The Kier molecular flexibility index (Phi) is 6.03. The van der Waals surface area contributed by atoms with E-state index in [0.717, 1.165) is 55.8 Å². The third kappa shape index (κ3) is 4.68. The Bertz CT molecular complexity index is 3150. The number of benzene rings is 9. The molecule has 2 heteroatoms. The van der Waals surface area contributed by atoms with Crippen molar-refractivity contribution in [3.8, 4) is 22.3 Å². The zero-order valence-corrected chi connectivity index (χ0v) is 29.8. The molecule has 9 aromatic rings. The molecule has 2 aliphatic rings. The second-order valence-electron chi connectivity index (χ2n) is 14.1. The summed E-state index contributed by atoms with van der Waals surface area (Å²) >= 11 is 0. The lowest BCUT2D eigenvalue weighted by molar-refractivity contribution is 0.793. The van der Waals surface area contributed by atoms with Crippen LogP contribution >= 0.6 is 0 Å². The summed E-state index contributed by atoms with van der Waals surface area (Å²) in [4.78, 5) is 4.16. The zero-order chi connectivity index (χ0) is 40.7. The molecule has 2 aliphatic carbocycles. The topological polar surface area (TPSA) is 6.48 Å². The molecule has 11 rings (SSSR count). The molecule has 0 amide bonds. The fourth-order valence-electron chi connectivity index (χ4n) is 9.15. The molecule has 0 aromatic heterocycles. The Morgan fingerprint density at radius 1 is 0.345 bits per heavy atom. The molecule has 9 aromatic carbocycles. The van der Waals surface area contributed by atoms with E-state index in [1.807, 2.05) is 47.4 Å². The smallest absolute Gasteiger partial charge is 0.0726 e. The Labute approximate surface area is 328 Å². The van der Waals surface area contributed by atoms with Crippen molar-refractivity contribution in [3.05, 3.63) is 241 Å². The molecule has 1 spiro atoms. The standard InChI is InChI=1S/C53H36N2/c1-4-19-38(20-5-1)54(39-21-6-2-7-22-39)42-31-33-46-44-26-12-14-28-48(44)53(51(46)36-42)49-29-15-13-27-45(49)47-35-41(32-34-50(47)53)55(40-23-8-3-9-24-40)52-30-16-18-37-17-10-11-25-43(37)52/h1-36H/i1D,4D,5D,19D,20D. The predicted molar refractivity (Wildman–Crippen MR) is 230 cm³/mol. The lowest BCUT2D eigenvalue weighted by atomic mass is 9.70. The predicted octanol–water partition coefficient (Wildman–Crippen LogP) is 14.1. The van der Waals surface area contributed by atoms with Crippen LogP contribution in [-0.2, 0) is 5.41 Å². The fraction of sp³-hybridized carbons (Fsp3) is 0.0189. The third-order valence-electron chi connectivity index (χ3n) is 11.3. The zero-order valence-electron chi connectivity index (χ0n) is 34.8. The van der Waals surface area contributed by atoms with Crippen LogP contribution in [0.1, 0.15) is 29.1 Å². The summed E-state index contributed by atoms with van der Waals surface area (Å²) in [5, 5.41) is 2.33. The fourth-order valence-corrected chi connectivity index (χ4v) is 9.15. The Morgan fingerprint density at radius 2 is 0.891 bits per heavy atom. The van der Waals surface area contributed by atoms with E-state index in [0.29, 0.717) is 11.4 Å². The van der Waals surface area contributed by atoms with E-state index in [4.69, 9.17) is 6.85 Å². The Morgan fingerprint density at radius 3 is 1.64 bits per heavy atom. The Hall–Kier alpha value is -7.16. The first-order chi connectivity index (χ1) is 29.4. The molecule has 0 bridgehead atoms. The summed E-state index contributed by atoms with van der Waals surface area (Å²) in [6.45, 7) is 0. The maximum atomic E-state index is 9.08. The van der Waals surface area contributed by atoms with Gasteiger partial charge in [0.1, 0.15) is 0 Å². The van der Waals surface area contributed by atoms with E-state index in [1.165, 1.54) is 16.5 Å². The maximum absolute atomic E-state index is 9.08. The number of hydrogen-bond donors (Lipinski definition) is 0. The van der Waals surface area contributed by atoms with Crippen molar-refractivity contribution in [1.29, 1.82) is 0 Å². The third-order valence-corrected chi connectivity index (χ3v) is 11.3. The summed E-state index contributed by atoms with van der Waals surface area (Å²) in [5.74, 6) is 0. The van der Waals surface area contributed by atoms with Crippen molar-refractivity contribution in [2.75, 3.05) is 9.80 Å². The van der Waals surface area contributed by atoms with Crippen molar-refractivity contribution < 1.29 is 6.85 Å². The molecule has 0 fully saturated rings. The van der Waals surface area contributed by atoms with Crippen LogP contribution in [0, 0.1) is 0 Å². The molecule has 55 heavy (non-hydrogen) atoms. The average molecular weight is 706 g/mol. The van der Waals surface area contributed by atoms with E-state index in [9.17, 15) is 0 Å². The lowest BCUT2D eigenvalue weighted by Gasteiger charge is -2.32. The monoisotopic (exact) mass is 705 g/mol. The summed E-state index contributed by atoms with van der Waals surface area (Å²) in [6.07, 6.45) is 0. The highest BCUT2D eigenvalue weighted by atomic mass is 15.1. The SMILES string of the molecule is [2H]c1c([2H])c([2H])c(N(c2ccccc2)c2ccc3c(c2)C2(c4ccccc4-c4cc(N(c5ccccc5)c5cccc6ccccc56)ccc42)c2ccccc2-3)c([2H])c1[2H]. The molecule has 0 saturated carbocycles. The van der Waals surface area contributed by atoms with Crippen LogP contribution in [0.3, 0.4) is 0 Å². The number of fused-ring (bicyclic) bond motifs is 11. The van der Waals surface area contributed by atoms with Crippen LogP contribution in [-0.4, -0.2) is 0 Å². The van der Waals surface area contributed by atoms with E-state index in [2.05, 4.69) is 150 Å². The number of hydrogen-bond acceptors (Lipinski definition) is 2. The molecule has 0 saturated heterocycles. The molecule has 0 radical (unpaired) electrons. The van der Waals surface area contributed by atoms with Crippen molar-refractivity contribution in [2.45, 2.75) is 5.41 Å². The van der Waals surface area contributed by atoms with E-state index in [-0.39, 0.29) is 29.9 Å². The summed E-state index contributed by atoms with van der Waals surface area (Å²) < 4.78 is 43.8. The highest BCUT2D eigenvalue weighted by Crippen LogP contribution is 2.64. The van der Waals surface area contributed by atoms with Gasteiger partial charge in [0.2, 0.25) is 0 Å². The number of nitrogens with zero attached hydrogens (tertiary/aromatic N) is 2. The highest BCUT2D eigenvalue weighted by molar-refractivity contribution is 6.01. The second kappa shape index (κ2) is 12.5. The van der Waals surface area contributed by atoms with Crippen LogP contribution in [0.25, 0.3) is 33.0 Å². The summed E-state index contributed by atoms with van der Waals surface area (Å²) in [7, 11) is 0. The van der Waals surface area contributed by atoms with Crippen LogP contribution in [0.15, 0.2) is 218 Å². The molecular weight excluding hydrogens is 665 g/mol. The first-order valence-electron chi connectivity index (χ1n) is 21.1. The molecule has 1 unspecified atom stereocenters. The first-order valence-corrected chi connectivity index (χ1v) is 18.6. The van der Waals surface area contributed by atoms with Gasteiger partial charge in [0, 0.05) is 33.8 Å². The van der Waals surface area contributed by atoms with Crippen molar-refractivity contribution in [1.82, 2.24) is 0 Å². The van der Waals surface area contributed by atoms with Gasteiger partial charge in [0.25, 0.3) is 0 Å². The van der Waals surface area contributed by atoms with Crippen LogP contribution in [0.4, 0.5) is 34.1 Å². The first kappa shape index (κ1) is 26.6. The van der Waals surface area contributed by atoms with Crippen molar-refractivity contribution in [2.24, 2.45) is 0 Å². The van der Waals surface area contributed by atoms with Gasteiger partial charge in [0.15, 0.2) is 0 Å². The number of para-hydroxylation sites is 3. The minimum Gasteiger partial charge on any atom is -0.310 e. The van der Waals surface area contributed by atoms with Crippen LogP contribution < -0.4 is 9.80 Å². The minimum atomic E-state index is -0.703. The van der Waals surface area contributed by atoms with E-state index in [1.54, 1.807) is 0 Å².